The van der Waals surface area contributed by atoms with Gasteiger partial charge in [0.25, 0.3) is 0 Å². The number of rotatable bonds is 4. The molecule has 25 heavy (non-hydrogen) atoms. The zero-order valence-electron chi connectivity index (χ0n) is 14.0. The van der Waals surface area contributed by atoms with Crippen LogP contribution in [0.4, 0.5) is 5.69 Å². The molecular weight excluding hydrogens is 320 g/mol. The van der Waals surface area contributed by atoms with Gasteiger partial charge >= 0.3 is 0 Å². The number of hydrogen-bond donors (Lipinski definition) is 1. The Labute approximate surface area is 145 Å². The van der Waals surface area contributed by atoms with Crippen molar-refractivity contribution in [2.75, 3.05) is 18.6 Å². The number of nitrogens with zero attached hydrogens (tertiary/aromatic N) is 1. The van der Waals surface area contributed by atoms with Crippen LogP contribution in [0, 0.1) is 11.8 Å². The van der Waals surface area contributed by atoms with Gasteiger partial charge in [0, 0.05) is 11.7 Å². The topological polar surface area (TPSA) is 67.9 Å². The highest BCUT2D eigenvalue weighted by molar-refractivity contribution is 6.03. The van der Waals surface area contributed by atoms with Crippen LogP contribution in [-0.4, -0.2) is 43.2 Å². The van der Waals surface area contributed by atoms with Crippen LogP contribution >= 0.6 is 0 Å². The van der Waals surface area contributed by atoms with Crippen molar-refractivity contribution >= 4 is 17.5 Å². The van der Waals surface area contributed by atoms with Gasteiger partial charge in [-0.2, -0.15) is 0 Å². The van der Waals surface area contributed by atoms with Gasteiger partial charge in [0.2, 0.25) is 11.8 Å². The first kappa shape index (κ1) is 15.0. The third-order valence-corrected chi connectivity index (χ3v) is 5.71. The van der Waals surface area contributed by atoms with Crippen molar-refractivity contribution in [3.63, 3.8) is 0 Å². The SMILES string of the molecule is COc1ccc(N2C[C@@]34C=C[C@H](O3)[C@@H](C(=O)NC3CC3)[C@H]4C2=O)cc1. The predicted molar refractivity (Wildman–Crippen MR) is 90.2 cm³/mol. The summed E-state index contributed by atoms with van der Waals surface area (Å²) in [6, 6.07) is 7.67. The molecule has 3 fully saturated rings. The molecule has 4 atom stereocenters. The van der Waals surface area contributed by atoms with Gasteiger partial charge in [-0.3, -0.25) is 9.59 Å². The molecule has 0 radical (unpaired) electrons. The van der Waals surface area contributed by atoms with Gasteiger partial charge < -0.3 is 19.7 Å². The van der Waals surface area contributed by atoms with Crippen molar-refractivity contribution in [3.8, 4) is 5.75 Å². The van der Waals surface area contributed by atoms with E-state index in [0.717, 1.165) is 24.3 Å². The maximum atomic E-state index is 13.1. The zero-order valence-corrected chi connectivity index (χ0v) is 14.0. The lowest BCUT2D eigenvalue weighted by Crippen LogP contribution is -2.44. The summed E-state index contributed by atoms with van der Waals surface area (Å²) in [7, 11) is 1.61. The van der Waals surface area contributed by atoms with Gasteiger partial charge in [0.05, 0.1) is 31.6 Å². The summed E-state index contributed by atoms with van der Waals surface area (Å²) in [5.74, 6) is -0.209. The van der Waals surface area contributed by atoms with Crippen LogP contribution in [0.25, 0.3) is 0 Å². The summed E-state index contributed by atoms with van der Waals surface area (Å²) < 4.78 is 11.3. The first-order valence-corrected chi connectivity index (χ1v) is 8.74. The normalized spacial score (nSPS) is 35.2. The summed E-state index contributed by atoms with van der Waals surface area (Å²) >= 11 is 0. The third kappa shape index (κ3) is 2.13. The minimum atomic E-state index is -0.673. The Hall–Kier alpha value is -2.34. The van der Waals surface area contributed by atoms with Crippen LogP contribution in [0.1, 0.15) is 12.8 Å². The van der Waals surface area contributed by atoms with Crippen LogP contribution in [0.2, 0.25) is 0 Å². The Bertz CT molecular complexity index is 770. The Morgan fingerprint density at radius 2 is 2.08 bits per heavy atom. The minimum Gasteiger partial charge on any atom is -0.497 e. The van der Waals surface area contributed by atoms with E-state index in [1.165, 1.54) is 0 Å². The zero-order chi connectivity index (χ0) is 17.2. The van der Waals surface area contributed by atoms with Crippen molar-refractivity contribution in [3.05, 3.63) is 36.4 Å². The monoisotopic (exact) mass is 340 g/mol. The van der Waals surface area contributed by atoms with E-state index in [4.69, 9.17) is 9.47 Å². The van der Waals surface area contributed by atoms with E-state index in [1.54, 1.807) is 12.0 Å². The van der Waals surface area contributed by atoms with Crippen LogP contribution in [0.15, 0.2) is 36.4 Å². The lowest BCUT2D eigenvalue weighted by molar-refractivity contribution is -0.132. The number of ether oxygens (including phenoxy) is 2. The van der Waals surface area contributed by atoms with Crippen LogP contribution < -0.4 is 15.0 Å². The Morgan fingerprint density at radius 3 is 2.76 bits per heavy atom. The summed E-state index contributed by atoms with van der Waals surface area (Å²) in [5.41, 5.74) is 0.129. The van der Waals surface area contributed by atoms with Crippen LogP contribution in [0.3, 0.4) is 0 Å². The molecule has 6 heteroatoms. The van der Waals surface area contributed by atoms with E-state index in [2.05, 4.69) is 5.32 Å². The van der Waals surface area contributed by atoms with Crippen molar-refractivity contribution in [1.29, 1.82) is 0 Å². The molecule has 130 valence electrons. The number of nitrogens with one attached hydrogen (secondary N) is 1. The van der Waals surface area contributed by atoms with E-state index in [-0.39, 0.29) is 24.0 Å². The molecule has 1 aromatic rings. The van der Waals surface area contributed by atoms with Crippen molar-refractivity contribution in [2.24, 2.45) is 11.8 Å². The van der Waals surface area contributed by atoms with Gasteiger partial charge in [-0.25, -0.2) is 0 Å². The molecule has 6 nitrogen and oxygen atoms in total. The number of hydrogen-bond acceptors (Lipinski definition) is 4. The van der Waals surface area contributed by atoms with E-state index >= 15 is 0 Å². The Balaban J connectivity index is 1.44. The van der Waals surface area contributed by atoms with E-state index in [9.17, 15) is 9.59 Å². The van der Waals surface area contributed by atoms with E-state index in [0.29, 0.717) is 6.54 Å². The molecular formula is C19H20N2O4. The number of fused-ring (bicyclic) bond motifs is 1. The van der Waals surface area contributed by atoms with Gasteiger partial charge in [-0.1, -0.05) is 12.2 Å². The molecule has 1 saturated carbocycles. The Morgan fingerprint density at radius 1 is 1.32 bits per heavy atom. The van der Waals surface area contributed by atoms with Crippen molar-refractivity contribution < 1.29 is 19.1 Å². The number of carbonyl (C=O) groups excluding carboxylic acids is 2. The lowest BCUT2D eigenvalue weighted by Gasteiger charge is -2.23. The first-order valence-electron chi connectivity index (χ1n) is 8.74. The molecule has 2 bridgehead atoms. The third-order valence-electron chi connectivity index (χ3n) is 5.71. The largest absolute Gasteiger partial charge is 0.497 e. The van der Waals surface area contributed by atoms with Gasteiger partial charge in [-0.15, -0.1) is 0 Å². The minimum absolute atomic E-state index is 0.0343. The van der Waals surface area contributed by atoms with Gasteiger partial charge in [0.1, 0.15) is 11.4 Å². The average Bonchev–Trinajstić information content (AvgIpc) is 3.15. The fourth-order valence-corrected chi connectivity index (χ4v) is 4.30. The highest BCUT2D eigenvalue weighted by atomic mass is 16.5. The lowest BCUT2D eigenvalue weighted by atomic mass is 9.77. The molecule has 5 rings (SSSR count). The number of benzene rings is 1. The quantitative estimate of drug-likeness (QED) is 0.838. The number of methoxy groups -OCH3 is 1. The highest BCUT2D eigenvalue weighted by Gasteiger charge is 2.67. The molecule has 1 N–H and O–H groups in total. The second-order valence-corrected chi connectivity index (χ2v) is 7.31. The number of carbonyl (C=O) groups is 2. The fraction of sp³-hybridized carbons (Fsp3) is 0.474. The molecule has 4 aliphatic rings. The molecule has 0 unspecified atom stereocenters. The van der Waals surface area contributed by atoms with E-state index in [1.807, 2.05) is 36.4 Å². The van der Waals surface area contributed by atoms with Crippen molar-refractivity contribution in [2.45, 2.75) is 30.6 Å². The second kappa shape index (κ2) is 5.08. The van der Waals surface area contributed by atoms with Crippen LogP contribution in [-0.2, 0) is 14.3 Å². The summed E-state index contributed by atoms with van der Waals surface area (Å²) in [4.78, 5) is 27.6. The number of anilines is 1. The summed E-state index contributed by atoms with van der Waals surface area (Å²) in [5, 5.41) is 3.04. The molecule has 2 saturated heterocycles. The van der Waals surface area contributed by atoms with Crippen molar-refractivity contribution in [1.82, 2.24) is 5.32 Å². The smallest absolute Gasteiger partial charge is 0.234 e. The highest BCUT2D eigenvalue weighted by Crippen LogP contribution is 2.52. The molecule has 2 amide bonds. The molecule has 1 aromatic carbocycles. The molecule has 1 aliphatic carbocycles. The molecule has 0 aromatic heterocycles. The maximum absolute atomic E-state index is 13.1. The Kier molecular flexibility index (Phi) is 3.04. The summed E-state index contributed by atoms with van der Waals surface area (Å²) in [6.45, 7) is 0.447. The maximum Gasteiger partial charge on any atom is 0.234 e. The fourth-order valence-electron chi connectivity index (χ4n) is 4.30. The first-order chi connectivity index (χ1) is 12.1. The predicted octanol–water partition coefficient (Wildman–Crippen LogP) is 1.26. The summed E-state index contributed by atoms with van der Waals surface area (Å²) in [6.07, 6.45) is 5.69. The van der Waals surface area contributed by atoms with Gasteiger partial charge in [-0.05, 0) is 37.1 Å². The molecule has 3 heterocycles. The molecule has 3 aliphatic heterocycles. The number of amides is 2. The standard InChI is InChI=1S/C19H20N2O4/c1-24-13-6-4-12(5-7-13)21-10-19-9-8-14(25-19)15(16(19)18(21)23)17(22)20-11-2-3-11/h4-9,11,14-16H,2-3,10H2,1H3,(H,20,22)/t14-,15+,16-,19+/m0/s1. The molecule has 1 spiro atoms. The average molecular weight is 340 g/mol. The van der Waals surface area contributed by atoms with Crippen LogP contribution in [0.5, 0.6) is 5.75 Å². The van der Waals surface area contributed by atoms with E-state index < -0.39 is 17.4 Å². The van der Waals surface area contributed by atoms with Gasteiger partial charge in [0.15, 0.2) is 0 Å². The second-order valence-electron chi connectivity index (χ2n) is 7.31.